The predicted octanol–water partition coefficient (Wildman–Crippen LogP) is 3.36. The maximum Gasteiger partial charge on any atom is 0.280 e. The summed E-state index contributed by atoms with van der Waals surface area (Å²) in [6.45, 7) is 0.399. The number of nitrogens with zero attached hydrogens (tertiary/aromatic N) is 2. The first-order valence-electron chi connectivity index (χ1n) is 8.65. The quantitative estimate of drug-likeness (QED) is 0.295. The van der Waals surface area contributed by atoms with E-state index in [0.29, 0.717) is 37.5 Å². The lowest BCUT2D eigenvalue weighted by Crippen LogP contribution is -2.34. The minimum Gasteiger partial charge on any atom is -0.494 e. The topological polar surface area (TPSA) is 89.8 Å². The van der Waals surface area contributed by atoms with Crippen molar-refractivity contribution in [1.82, 2.24) is 4.90 Å². The fraction of sp³-hybridized carbons (Fsp3) is 0.556. The van der Waals surface area contributed by atoms with Crippen LogP contribution in [0.1, 0.15) is 55.3 Å². The first-order valence-corrected chi connectivity index (χ1v) is 8.65. The second-order valence-electron chi connectivity index (χ2n) is 6.34. The van der Waals surface area contributed by atoms with Crippen LogP contribution >= 0.6 is 0 Å². The first kappa shape index (κ1) is 18.9. The maximum absolute atomic E-state index is 12.1. The van der Waals surface area contributed by atoms with Crippen molar-refractivity contribution < 1.29 is 19.2 Å². The van der Waals surface area contributed by atoms with E-state index in [4.69, 9.17) is 4.74 Å². The average Bonchev–Trinajstić information content (AvgIpc) is 3.14. The highest BCUT2D eigenvalue weighted by molar-refractivity contribution is 5.82. The molecule has 1 aliphatic rings. The minimum absolute atomic E-state index is 0.00383. The van der Waals surface area contributed by atoms with Gasteiger partial charge in [0.05, 0.1) is 17.1 Å². The van der Waals surface area contributed by atoms with E-state index in [1.807, 2.05) is 11.9 Å². The van der Waals surface area contributed by atoms with Gasteiger partial charge in [-0.3, -0.25) is 19.7 Å². The Kier molecular flexibility index (Phi) is 6.91. The molecule has 7 nitrogen and oxygen atoms in total. The third-order valence-electron chi connectivity index (χ3n) is 4.64. The van der Waals surface area contributed by atoms with Crippen molar-refractivity contribution in [2.45, 2.75) is 51.0 Å². The molecule has 0 saturated heterocycles. The molecule has 0 N–H and O–H groups in total. The number of rotatable bonds is 9. The van der Waals surface area contributed by atoms with Gasteiger partial charge in [0.15, 0.2) is 6.29 Å². The molecule has 0 aromatic heterocycles. The number of nitro benzene ring substituents is 1. The molecular formula is C18H24N2O5. The summed E-state index contributed by atoms with van der Waals surface area (Å²) in [4.78, 5) is 35.1. The Balaban J connectivity index is 1.71. The molecule has 0 unspecified atom stereocenters. The van der Waals surface area contributed by atoms with Gasteiger partial charge in [-0.2, -0.15) is 0 Å². The highest BCUT2D eigenvalue weighted by Gasteiger charge is 2.22. The van der Waals surface area contributed by atoms with E-state index >= 15 is 0 Å². The van der Waals surface area contributed by atoms with Crippen LogP contribution in [0.4, 0.5) is 5.69 Å². The number of hydrogen-bond donors (Lipinski definition) is 0. The number of amides is 1. The summed E-state index contributed by atoms with van der Waals surface area (Å²) in [5, 5.41) is 10.8. The fourth-order valence-electron chi connectivity index (χ4n) is 3.12. The molecule has 0 heterocycles. The van der Waals surface area contributed by atoms with E-state index in [1.165, 1.54) is 31.0 Å². The van der Waals surface area contributed by atoms with Gasteiger partial charge >= 0.3 is 0 Å². The second-order valence-corrected chi connectivity index (χ2v) is 6.34. The van der Waals surface area contributed by atoms with E-state index in [2.05, 4.69) is 0 Å². The Morgan fingerprint density at radius 3 is 2.72 bits per heavy atom. The molecular weight excluding hydrogens is 324 g/mol. The Labute approximate surface area is 147 Å². The molecule has 1 saturated carbocycles. The van der Waals surface area contributed by atoms with Crippen molar-refractivity contribution >= 4 is 17.9 Å². The third-order valence-corrected chi connectivity index (χ3v) is 4.64. The molecule has 1 amide bonds. The average molecular weight is 348 g/mol. The number of ether oxygens (including phenoxy) is 1. The van der Waals surface area contributed by atoms with Gasteiger partial charge in [-0.1, -0.05) is 12.8 Å². The Morgan fingerprint density at radius 1 is 1.36 bits per heavy atom. The normalized spacial score (nSPS) is 14.3. The Morgan fingerprint density at radius 2 is 2.08 bits per heavy atom. The van der Waals surface area contributed by atoms with Gasteiger partial charge in [0, 0.05) is 25.6 Å². The molecule has 0 bridgehead atoms. The summed E-state index contributed by atoms with van der Waals surface area (Å²) in [7, 11) is 1.88. The SMILES string of the molecule is CN(C(=O)CCCCOc1ccc([N+](=O)[O-])c(C=O)c1)C1CCCC1. The van der Waals surface area contributed by atoms with Crippen LogP contribution in [0.2, 0.25) is 0 Å². The standard InChI is InChI=1S/C18H24N2O5/c1-19(15-6-2-3-7-15)18(22)8-4-5-11-25-16-9-10-17(20(23)24)14(12-16)13-21/h9-10,12-13,15H,2-8,11H2,1H3. The number of hydrogen-bond acceptors (Lipinski definition) is 5. The number of aldehydes is 1. The number of unbranched alkanes of at least 4 members (excludes halogenated alkanes) is 1. The molecule has 0 atom stereocenters. The molecule has 2 rings (SSSR count). The second kappa shape index (κ2) is 9.15. The van der Waals surface area contributed by atoms with E-state index in [1.54, 1.807) is 0 Å². The molecule has 0 radical (unpaired) electrons. The Hall–Kier alpha value is -2.44. The lowest BCUT2D eigenvalue weighted by molar-refractivity contribution is -0.385. The van der Waals surface area contributed by atoms with E-state index in [0.717, 1.165) is 19.3 Å². The van der Waals surface area contributed by atoms with Crippen LogP contribution in [0.5, 0.6) is 5.75 Å². The van der Waals surface area contributed by atoms with E-state index < -0.39 is 4.92 Å². The summed E-state index contributed by atoms with van der Waals surface area (Å²) >= 11 is 0. The third kappa shape index (κ3) is 5.27. The summed E-state index contributed by atoms with van der Waals surface area (Å²) in [5.74, 6) is 0.590. The number of benzene rings is 1. The number of nitro groups is 1. The zero-order chi connectivity index (χ0) is 18.2. The highest BCUT2D eigenvalue weighted by atomic mass is 16.6. The van der Waals surface area contributed by atoms with Crippen LogP contribution in [0, 0.1) is 10.1 Å². The summed E-state index contributed by atoms with van der Waals surface area (Å²) in [6, 6.07) is 4.50. The van der Waals surface area contributed by atoms with Gasteiger partial charge in [-0.25, -0.2) is 0 Å². The number of carbonyl (C=O) groups is 2. The molecule has 1 fully saturated rings. The molecule has 1 aliphatic carbocycles. The van der Waals surface area contributed by atoms with Crippen LogP contribution in [0.15, 0.2) is 18.2 Å². The summed E-state index contributed by atoms with van der Waals surface area (Å²) in [5.41, 5.74) is -0.237. The van der Waals surface area contributed by atoms with E-state index in [-0.39, 0.29) is 17.2 Å². The van der Waals surface area contributed by atoms with Gasteiger partial charge < -0.3 is 9.64 Å². The summed E-state index contributed by atoms with van der Waals surface area (Å²) in [6.07, 6.45) is 6.98. The van der Waals surface area contributed by atoms with Gasteiger partial charge in [-0.15, -0.1) is 0 Å². The molecule has 0 spiro atoms. The first-order chi connectivity index (χ1) is 12.0. The number of carbonyl (C=O) groups excluding carboxylic acids is 2. The van der Waals surface area contributed by atoms with Crippen LogP contribution in [-0.2, 0) is 4.79 Å². The van der Waals surface area contributed by atoms with Gasteiger partial charge in [0.25, 0.3) is 5.69 Å². The minimum atomic E-state index is -0.597. The predicted molar refractivity (Wildman–Crippen MR) is 92.9 cm³/mol. The van der Waals surface area contributed by atoms with Crippen molar-refractivity contribution in [3.8, 4) is 5.75 Å². The van der Waals surface area contributed by atoms with Crippen molar-refractivity contribution in [3.05, 3.63) is 33.9 Å². The monoisotopic (exact) mass is 348 g/mol. The molecule has 25 heavy (non-hydrogen) atoms. The fourth-order valence-corrected chi connectivity index (χ4v) is 3.12. The van der Waals surface area contributed by atoms with Crippen molar-refractivity contribution in [2.75, 3.05) is 13.7 Å². The molecule has 0 aliphatic heterocycles. The molecule has 7 heteroatoms. The van der Waals surface area contributed by atoms with Gasteiger partial charge in [-0.05, 0) is 37.8 Å². The van der Waals surface area contributed by atoms with Gasteiger partial charge in [0.1, 0.15) is 5.75 Å². The zero-order valence-electron chi connectivity index (χ0n) is 14.5. The van der Waals surface area contributed by atoms with Gasteiger partial charge in [0.2, 0.25) is 5.91 Å². The summed E-state index contributed by atoms with van der Waals surface area (Å²) < 4.78 is 5.52. The molecule has 136 valence electrons. The molecule has 1 aromatic rings. The van der Waals surface area contributed by atoms with Crippen molar-refractivity contribution in [2.24, 2.45) is 0 Å². The lowest BCUT2D eigenvalue weighted by atomic mass is 10.1. The largest absolute Gasteiger partial charge is 0.494 e. The van der Waals surface area contributed by atoms with Crippen LogP contribution in [0.3, 0.4) is 0 Å². The highest BCUT2D eigenvalue weighted by Crippen LogP contribution is 2.24. The van der Waals surface area contributed by atoms with E-state index in [9.17, 15) is 19.7 Å². The maximum atomic E-state index is 12.1. The van der Waals surface area contributed by atoms with Crippen LogP contribution < -0.4 is 4.74 Å². The molecule has 1 aromatic carbocycles. The lowest BCUT2D eigenvalue weighted by Gasteiger charge is -2.24. The zero-order valence-corrected chi connectivity index (χ0v) is 14.5. The van der Waals surface area contributed by atoms with Crippen LogP contribution in [0.25, 0.3) is 0 Å². The smallest absolute Gasteiger partial charge is 0.280 e. The van der Waals surface area contributed by atoms with Crippen molar-refractivity contribution in [1.29, 1.82) is 0 Å². The van der Waals surface area contributed by atoms with Crippen molar-refractivity contribution in [3.63, 3.8) is 0 Å². The Bertz CT molecular complexity index is 626. The van der Waals surface area contributed by atoms with Crippen LogP contribution in [-0.4, -0.2) is 41.7 Å².